The van der Waals surface area contributed by atoms with Crippen molar-refractivity contribution >= 4 is 27.6 Å². The van der Waals surface area contributed by atoms with Crippen molar-refractivity contribution in [1.82, 2.24) is 9.62 Å². The molecule has 1 unspecified atom stereocenters. The fourth-order valence-electron chi connectivity index (χ4n) is 3.09. The van der Waals surface area contributed by atoms with Gasteiger partial charge in [0.25, 0.3) is 0 Å². The average molecular weight is 397 g/mol. The molecule has 1 fully saturated rings. The minimum atomic E-state index is -3.78. The first-order chi connectivity index (χ1) is 12.7. The number of hydrogen-bond acceptors (Lipinski definition) is 5. The van der Waals surface area contributed by atoms with Crippen LogP contribution < -0.4 is 10.2 Å². The Morgan fingerprint density at radius 3 is 2.44 bits per heavy atom. The van der Waals surface area contributed by atoms with Gasteiger partial charge in [0.1, 0.15) is 11.8 Å². The van der Waals surface area contributed by atoms with E-state index >= 15 is 0 Å². The van der Waals surface area contributed by atoms with Crippen molar-refractivity contribution in [2.24, 2.45) is 0 Å². The first kappa shape index (κ1) is 21.2. The molecule has 1 aromatic rings. The molecule has 150 valence electrons. The Kier molecular flexibility index (Phi) is 7.20. The lowest BCUT2D eigenvalue weighted by atomic mass is 10.2. The maximum Gasteiger partial charge on any atom is 0.326 e. The number of carbonyl (C=O) groups is 2. The summed E-state index contributed by atoms with van der Waals surface area (Å²) in [6.07, 6.45) is 0.835. The predicted molar refractivity (Wildman–Crippen MR) is 103 cm³/mol. The van der Waals surface area contributed by atoms with Crippen LogP contribution in [-0.2, 0) is 19.6 Å². The Morgan fingerprint density at radius 1 is 1.22 bits per heavy atom. The van der Waals surface area contributed by atoms with Crippen molar-refractivity contribution in [3.05, 3.63) is 29.8 Å². The van der Waals surface area contributed by atoms with Crippen molar-refractivity contribution in [2.45, 2.75) is 32.7 Å². The second kappa shape index (κ2) is 9.18. The fourth-order valence-corrected chi connectivity index (χ4v) is 4.41. The van der Waals surface area contributed by atoms with E-state index in [4.69, 9.17) is 5.11 Å². The lowest BCUT2D eigenvalue weighted by Gasteiger charge is -2.35. The highest BCUT2D eigenvalue weighted by molar-refractivity contribution is 7.89. The lowest BCUT2D eigenvalue weighted by molar-refractivity contribution is -0.141. The number of hydrogen-bond donors (Lipinski definition) is 2. The van der Waals surface area contributed by atoms with Crippen molar-refractivity contribution in [2.75, 3.05) is 36.8 Å². The van der Waals surface area contributed by atoms with Crippen LogP contribution in [0.3, 0.4) is 0 Å². The van der Waals surface area contributed by atoms with Crippen LogP contribution in [0.25, 0.3) is 0 Å². The number of nitrogens with one attached hydrogen (secondary N) is 1. The molecule has 0 bridgehead atoms. The molecule has 0 aliphatic carbocycles. The van der Waals surface area contributed by atoms with Crippen LogP contribution in [0, 0.1) is 6.92 Å². The smallest absolute Gasteiger partial charge is 0.326 e. The molecule has 2 N–H and O–H groups in total. The molecule has 0 radical (unpaired) electrons. The molecule has 0 saturated carbocycles. The van der Waals surface area contributed by atoms with Crippen molar-refractivity contribution in [3.63, 3.8) is 0 Å². The molecular formula is C18H27N3O5S. The van der Waals surface area contributed by atoms with Crippen LogP contribution >= 0.6 is 0 Å². The SMILES string of the molecule is CCCC(NC(=O)CS(=O)(=O)N1CCN(c2cccc(C)c2)CC1)C(=O)O. The molecule has 1 amide bonds. The number of piperazine rings is 1. The van der Waals surface area contributed by atoms with E-state index in [1.807, 2.05) is 25.1 Å². The summed E-state index contributed by atoms with van der Waals surface area (Å²) in [7, 11) is -3.78. The molecule has 27 heavy (non-hydrogen) atoms. The molecular weight excluding hydrogens is 370 g/mol. The maximum atomic E-state index is 12.5. The number of carboxylic acid groups (broad SMARTS) is 1. The van der Waals surface area contributed by atoms with E-state index in [9.17, 15) is 18.0 Å². The molecule has 0 spiro atoms. The maximum absolute atomic E-state index is 12.5. The summed E-state index contributed by atoms with van der Waals surface area (Å²) in [4.78, 5) is 25.2. The minimum Gasteiger partial charge on any atom is -0.480 e. The quantitative estimate of drug-likeness (QED) is 0.672. The Balaban J connectivity index is 1.92. The Hall–Kier alpha value is -2.13. The molecule has 1 atom stereocenters. The van der Waals surface area contributed by atoms with Gasteiger partial charge in [0.15, 0.2) is 0 Å². The molecule has 1 saturated heterocycles. The van der Waals surface area contributed by atoms with Gasteiger partial charge in [0.2, 0.25) is 15.9 Å². The van der Waals surface area contributed by atoms with Gasteiger partial charge in [-0.1, -0.05) is 25.5 Å². The monoisotopic (exact) mass is 397 g/mol. The van der Waals surface area contributed by atoms with Crippen LogP contribution in [0.4, 0.5) is 5.69 Å². The van der Waals surface area contributed by atoms with Crippen LogP contribution in [0.15, 0.2) is 24.3 Å². The number of carbonyl (C=O) groups excluding carboxylic acids is 1. The number of sulfonamides is 1. The summed E-state index contributed by atoms with van der Waals surface area (Å²) in [5.74, 6) is -2.67. The van der Waals surface area contributed by atoms with E-state index in [0.717, 1.165) is 11.3 Å². The second-order valence-electron chi connectivity index (χ2n) is 6.73. The van der Waals surface area contributed by atoms with Crippen LogP contribution in [0.2, 0.25) is 0 Å². The predicted octanol–water partition coefficient (Wildman–Crippen LogP) is 0.816. The number of nitrogens with zero attached hydrogens (tertiary/aromatic N) is 2. The van der Waals surface area contributed by atoms with E-state index in [2.05, 4.69) is 16.3 Å². The fraction of sp³-hybridized carbons (Fsp3) is 0.556. The van der Waals surface area contributed by atoms with Gasteiger partial charge >= 0.3 is 5.97 Å². The third-order valence-electron chi connectivity index (χ3n) is 4.52. The Morgan fingerprint density at radius 2 is 1.89 bits per heavy atom. The summed E-state index contributed by atoms with van der Waals surface area (Å²) in [5, 5.41) is 11.4. The molecule has 8 nitrogen and oxygen atoms in total. The number of aliphatic carboxylic acids is 1. The molecule has 1 heterocycles. The van der Waals surface area contributed by atoms with Crippen LogP contribution in [0.5, 0.6) is 0 Å². The molecule has 1 aromatic carbocycles. The molecule has 1 aliphatic rings. The Bertz CT molecular complexity index is 773. The van der Waals surface area contributed by atoms with Crippen molar-refractivity contribution in [3.8, 4) is 0 Å². The summed E-state index contributed by atoms with van der Waals surface area (Å²) in [6, 6.07) is 6.96. The van der Waals surface area contributed by atoms with E-state index in [1.165, 1.54) is 4.31 Å². The number of anilines is 1. The first-order valence-electron chi connectivity index (χ1n) is 9.04. The summed E-state index contributed by atoms with van der Waals surface area (Å²) >= 11 is 0. The summed E-state index contributed by atoms with van der Waals surface area (Å²) in [5.41, 5.74) is 2.19. The standard InChI is InChI=1S/C18H27N3O5S/c1-3-5-16(18(23)24)19-17(22)13-27(25,26)21-10-8-20(9-11-21)15-7-4-6-14(2)12-15/h4,6-7,12,16H,3,5,8-11,13H2,1-2H3,(H,19,22)(H,23,24). The highest BCUT2D eigenvalue weighted by Gasteiger charge is 2.30. The highest BCUT2D eigenvalue weighted by Crippen LogP contribution is 2.19. The van der Waals surface area contributed by atoms with E-state index in [-0.39, 0.29) is 6.42 Å². The zero-order valence-electron chi connectivity index (χ0n) is 15.7. The zero-order chi connectivity index (χ0) is 20.0. The third-order valence-corrected chi connectivity index (χ3v) is 6.30. The Labute approximate surface area is 160 Å². The normalized spacial score (nSPS) is 16.7. The number of carboxylic acids is 1. The molecule has 2 rings (SSSR count). The summed E-state index contributed by atoms with van der Waals surface area (Å²) < 4.78 is 26.3. The third kappa shape index (κ3) is 5.93. The zero-order valence-corrected chi connectivity index (χ0v) is 16.5. The van der Waals surface area contributed by atoms with Gasteiger partial charge in [-0.05, 0) is 31.0 Å². The number of aryl methyl sites for hydroxylation is 1. The van der Waals surface area contributed by atoms with E-state index < -0.39 is 33.7 Å². The largest absolute Gasteiger partial charge is 0.480 e. The topological polar surface area (TPSA) is 107 Å². The van der Waals surface area contributed by atoms with Crippen molar-refractivity contribution < 1.29 is 23.1 Å². The lowest BCUT2D eigenvalue weighted by Crippen LogP contribution is -2.51. The molecule has 9 heteroatoms. The van der Waals surface area contributed by atoms with Gasteiger partial charge in [-0.15, -0.1) is 0 Å². The number of rotatable bonds is 8. The summed E-state index contributed by atoms with van der Waals surface area (Å²) in [6.45, 7) is 5.47. The van der Waals surface area contributed by atoms with Gasteiger partial charge < -0.3 is 15.3 Å². The molecule has 1 aliphatic heterocycles. The minimum absolute atomic E-state index is 0.260. The van der Waals surface area contributed by atoms with Gasteiger partial charge in [0, 0.05) is 31.9 Å². The number of amides is 1. The van der Waals surface area contributed by atoms with E-state index in [0.29, 0.717) is 32.6 Å². The van der Waals surface area contributed by atoms with Crippen LogP contribution in [-0.4, -0.2) is 67.7 Å². The second-order valence-corrected chi connectivity index (χ2v) is 8.70. The average Bonchev–Trinajstić information content (AvgIpc) is 2.61. The van der Waals surface area contributed by atoms with Gasteiger partial charge in [-0.3, -0.25) is 4.79 Å². The van der Waals surface area contributed by atoms with Gasteiger partial charge in [-0.25, -0.2) is 13.2 Å². The van der Waals surface area contributed by atoms with Crippen molar-refractivity contribution in [1.29, 1.82) is 0 Å². The van der Waals surface area contributed by atoms with Gasteiger partial charge in [0.05, 0.1) is 0 Å². The first-order valence-corrected chi connectivity index (χ1v) is 10.7. The van der Waals surface area contributed by atoms with Crippen LogP contribution in [0.1, 0.15) is 25.3 Å². The number of benzene rings is 1. The molecule has 0 aromatic heterocycles. The van der Waals surface area contributed by atoms with E-state index in [1.54, 1.807) is 6.92 Å². The highest BCUT2D eigenvalue weighted by atomic mass is 32.2. The van der Waals surface area contributed by atoms with Gasteiger partial charge in [-0.2, -0.15) is 4.31 Å².